The second-order valence-electron chi connectivity index (χ2n) is 3.13. The van der Waals surface area contributed by atoms with Crippen molar-refractivity contribution in [2.45, 2.75) is 6.92 Å². The summed E-state index contributed by atoms with van der Waals surface area (Å²) in [5.74, 6) is 0.476. The van der Waals surface area contributed by atoms with Crippen LogP contribution in [0.5, 0.6) is 0 Å². The molecule has 2 heterocycles. The van der Waals surface area contributed by atoms with Crippen LogP contribution in [0.25, 0.3) is 11.0 Å². The highest BCUT2D eigenvalue weighted by Crippen LogP contribution is 2.14. The third kappa shape index (κ3) is 1.29. The zero-order chi connectivity index (χ0) is 10.3. The van der Waals surface area contributed by atoms with Gasteiger partial charge in [0, 0.05) is 13.2 Å². The van der Waals surface area contributed by atoms with Crippen LogP contribution in [0, 0.1) is 6.92 Å². The third-order valence-corrected chi connectivity index (χ3v) is 2.62. The van der Waals surface area contributed by atoms with E-state index in [9.17, 15) is 4.79 Å². The number of fused-ring (bicyclic) bond motifs is 1. The summed E-state index contributed by atoms with van der Waals surface area (Å²) < 4.78 is 4.63. The number of H-pyrrole nitrogens is 1. The average molecular weight is 304 g/mol. The minimum atomic E-state index is -0.104. The summed E-state index contributed by atoms with van der Waals surface area (Å²) in [5.41, 5.74) is 1.54. The SMILES string of the molecule is Cc1cn(C)c2nc(NI)[nH]c(=O)c12. The number of rotatable bonds is 1. The minimum Gasteiger partial charge on any atom is -0.335 e. The van der Waals surface area contributed by atoms with E-state index < -0.39 is 0 Å². The molecular formula is C8H9IN4O. The molecule has 0 fully saturated rings. The van der Waals surface area contributed by atoms with Crippen LogP contribution in [-0.4, -0.2) is 14.5 Å². The summed E-state index contributed by atoms with van der Waals surface area (Å²) in [6, 6.07) is 0. The number of aromatic amines is 1. The summed E-state index contributed by atoms with van der Waals surface area (Å²) in [6.45, 7) is 1.90. The van der Waals surface area contributed by atoms with Crippen molar-refractivity contribution in [3.05, 3.63) is 22.1 Å². The molecule has 0 saturated heterocycles. The van der Waals surface area contributed by atoms with E-state index in [1.54, 1.807) is 0 Å². The van der Waals surface area contributed by atoms with Crippen molar-refractivity contribution in [2.24, 2.45) is 7.05 Å². The first-order valence-corrected chi connectivity index (χ1v) is 5.14. The fourth-order valence-electron chi connectivity index (χ4n) is 1.53. The Hall–Kier alpha value is -1.05. The lowest BCUT2D eigenvalue weighted by Gasteiger charge is -1.98. The molecule has 2 aromatic rings. The summed E-state index contributed by atoms with van der Waals surface area (Å²) in [4.78, 5) is 18.6. The smallest absolute Gasteiger partial charge is 0.262 e. The fourth-order valence-corrected chi connectivity index (χ4v) is 1.79. The number of halogens is 1. The number of hydrogen-bond acceptors (Lipinski definition) is 3. The Morgan fingerprint density at radius 2 is 2.36 bits per heavy atom. The normalized spacial score (nSPS) is 10.8. The zero-order valence-electron chi connectivity index (χ0n) is 7.76. The van der Waals surface area contributed by atoms with Gasteiger partial charge in [-0.3, -0.25) is 13.3 Å². The van der Waals surface area contributed by atoms with Gasteiger partial charge in [-0.05, 0) is 12.5 Å². The molecular weight excluding hydrogens is 295 g/mol. The Kier molecular flexibility index (Phi) is 2.22. The highest BCUT2D eigenvalue weighted by atomic mass is 127. The largest absolute Gasteiger partial charge is 0.335 e. The van der Waals surface area contributed by atoms with Gasteiger partial charge in [-0.15, -0.1) is 0 Å². The average Bonchev–Trinajstić information content (AvgIpc) is 2.42. The van der Waals surface area contributed by atoms with Gasteiger partial charge in [-0.25, -0.2) is 0 Å². The number of aryl methyl sites for hydroxylation is 2. The van der Waals surface area contributed by atoms with E-state index in [0.29, 0.717) is 17.0 Å². The highest BCUT2D eigenvalue weighted by molar-refractivity contribution is 14.1. The molecule has 0 radical (unpaired) electrons. The van der Waals surface area contributed by atoms with Crippen molar-refractivity contribution in [1.29, 1.82) is 0 Å². The topological polar surface area (TPSA) is 62.7 Å². The lowest BCUT2D eigenvalue weighted by Crippen LogP contribution is -2.10. The second-order valence-corrected chi connectivity index (χ2v) is 3.67. The van der Waals surface area contributed by atoms with Gasteiger partial charge in [0.25, 0.3) is 5.56 Å². The number of nitrogens with one attached hydrogen (secondary N) is 2. The van der Waals surface area contributed by atoms with Crippen LogP contribution < -0.4 is 9.09 Å². The standard InChI is InChI=1S/C8H9IN4O/c1-4-3-13(2)6-5(4)7(14)11-8(10-6)12-9/h3H,1-2H3,(H2,10,11,12,14). The molecule has 0 amide bonds. The quantitative estimate of drug-likeness (QED) is 0.617. The van der Waals surface area contributed by atoms with Crippen molar-refractivity contribution in [1.82, 2.24) is 14.5 Å². The molecule has 2 rings (SSSR count). The maximum atomic E-state index is 11.6. The van der Waals surface area contributed by atoms with Gasteiger partial charge in [0.05, 0.1) is 28.3 Å². The van der Waals surface area contributed by atoms with Crippen LogP contribution in [0.2, 0.25) is 0 Å². The fraction of sp³-hybridized carbons (Fsp3) is 0.250. The summed E-state index contributed by atoms with van der Waals surface area (Å²) in [6.07, 6.45) is 1.89. The molecule has 6 heteroatoms. The molecule has 0 bridgehead atoms. The molecule has 0 atom stereocenters. The van der Waals surface area contributed by atoms with Crippen molar-refractivity contribution in [3.63, 3.8) is 0 Å². The number of nitrogens with zero attached hydrogens (tertiary/aromatic N) is 2. The van der Waals surface area contributed by atoms with Crippen LogP contribution in [0.1, 0.15) is 5.56 Å². The molecule has 0 aliphatic carbocycles. The molecule has 0 unspecified atom stereocenters. The highest BCUT2D eigenvalue weighted by Gasteiger charge is 2.09. The first kappa shape index (κ1) is 9.50. The predicted molar refractivity (Wildman–Crippen MR) is 63.7 cm³/mol. The summed E-state index contributed by atoms with van der Waals surface area (Å²) >= 11 is 1.93. The number of anilines is 1. The molecule has 74 valence electrons. The van der Waals surface area contributed by atoms with Gasteiger partial charge in [-0.2, -0.15) is 4.98 Å². The lowest BCUT2D eigenvalue weighted by molar-refractivity contribution is 0.941. The Bertz CT molecular complexity index is 542. The van der Waals surface area contributed by atoms with Gasteiger partial charge in [0.2, 0.25) is 5.95 Å². The Balaban J connectivity index is 2.93. The van der Waals surface area contributed by atoms with Crippen molar-refractivity contribution in [3.8, 4) is 0 Å². The monoisotopic (exact) mass is 304 g/mol. The second kappa shape index (κ2) is 3.26. The first-order valence-electron chi connectivity index (χ1n) is 4.06. The van der Waals surface area contributed by atoms with E-state index in [4.69, 9.17) is 0 Å². The maximum absolute atomic E-state index is 11.6. The molecule has 0 aromatic carbocycles. The third-order valence-electron chi connectivity index (χ3n) is 2.11. The van der Waals surface area contributed by atoms with Gasteiger partial charge >= 0.3 is 0 Å². The summed E-state index contributed by atoms with van der Waals surface area (Å²) in [5, 5.41) is 0.655. The van der Waals surface area contributed by atoms with Crippen LogP contribution in [0.3, 0.4) is 0 Å². The van der Waals surface area contributed by atoms with Crippen LogP contribution >= 0.6 is 22.9 Å². The van der Waals surface area contributed by atoms with Crippen LogP contribution in [0.4, 0.5) is 5.95 Å². The van der Waals surface area contributed by atoms with E-state index in [2.05, 4.69) is 13.5 Å². The number of aromatic nitrogens is 3. The molecule has 0 aliphatic heterocycles. The van der Waals surface area contributed by atoms with Gasteiger partial charge in [0.15, 0.2) is 0 Å². The molecule has 14 heavy (non-hydrogen) atoms. The molecule has 0 spiro atoms. The van der Waals surface area contributed by atoms with Crippen molar-refractivity contribution < 1.29 is 0 Å². The van der Waals surface area contributed by atoms with Crippen LogP contribution in [-0.2, 0) is 7.05 Å². The summed E-state index contributed by atoms with van der Waals surface area (Å²) in [7, 11) is 1.87. The Morgan fingerprint density at radius 1 is 1.64 bits per heavy atom. The van der Waals surface area contributed by atoms with E-state index in [0.717, 1.165) is 5.56 Å². The Labute approximate surface area is 94.0 Å². The van der Waals surface area contributed by atoms with Crippen molar-refractivity contribution in [2.75, 3.05) is 3.53 Å². The van der Waals surface area contributed by atoms with Gasteiger partial charge < -0.3 is 4.57 Å². The lowest BCUT2D eigenvalue weighted by atomic mass is 10.3. The molecule has 0 saturated carbocycles. The van der Waals surface area contributed by atoms with Crippen LogP contribution in [0.15, 0.2) is 11.0 Å². The van der Waals surface area contributed by atoms with E-state index >= 15 is 0 Å². The molecule has 5 nitrogen and oxygen atoms in total. The van der Waals surface area contributed by atoms with Gasteiger partial charge in [-0.1, -0.05) is 0 Å². The van der Waals surface area contributed by atoms with E-state index in [-0.39, 0.29) is 5.56 Å². The molecule has 2 N–H and O–H groups in total. The van der Waals surface area contributed by atoms with E-state index in [1.165, 1.54) is 0 Å². The predicted octanol–water partition coefficient (Wildman–Crippen LogP) is 1.33. The molecule has 0 aliphatic rings. The minimum absolute atomic E-state index is 0.104. The first-order chi connectivity index (χ1) is 6.63. The Morgan fingerprint density at radius 3 is 3.00 bits per heavy atom. The van der Waals surface area contributed by atoms with E-state index in [1.807, 2.05) is 47.6 Å². The van der Waals surface area contributed by atoms with Gasteiger partial charge in [0.1, 0.15) is 5.65 Å². The maximum Gasteiger partial charge on any atom is 0.262 e. The zero-order valence-corrected chi connectivity index (χ0v) is 9.92. The molecule has 2 aromatic heterocycles. The van der Waals surface area contributed by atoms with Crippen molar-refractivity contribution >= 4 is 39.8 Å². The number of hydrogen-bond donors (Lipinski definition) is 2.